The van der Waals surface area contributed by atoms with Crippen LogP contribution in [0.2, 0.25) is 0 Å². The second-order valence-corrected chi connectivity index (χ2v) is 5.90. The molecule has 2 rings (SSSR count). The molecule has 0 spiro atoms. The number of pyridine rings is 1. The summed E-state index contributed by atoms with van der Waals surface area (Å²) in [7, 11) is 3.37. The monoisotopic (exact) mass is 349 g/mol. The van der Waals surface area contributed by atoms with Gasteiger partial charge < -0.3 is 14.8 Å². The van der Waals surface area contributed by atoms with Crippen molar-refractivity contribution in [1.29, 1.82) is 0 Å². The summed E-state index contributed by atoms with van der Waals surface area (Å²) in [5.41, 5.74) is -0.262. The molecule has 0 fully saturated rings. The summed E-state index contributed by atoms with van der Waals surface area (Å²) >= 11 is 0. The molecule has 0 bridgehead atoms. The highest BCUT2D eigenvalue weighted by Gasteiger charge is 2.22. The lowest BCUT2D eigenvalue weighted by Crippen LogP contribution is -2.36. The van der Waals surface area contributed by atoms with Gasteiger partial charge in [0.2, 0.25) is 5.91 Å². The van der Waals surface area contributed by atoms with Crippen molar-refractivity contribution >= 4 is 5.91 Å². The number of nitrogens with one attached hydrogen (secondary N) is 1. The van der Waals surface area contributed by atoms with Crippen molar-refractivity contribution in [3.8, 4) is 0 Å². The average Bonchev–Trinajstić information content (AvgIpc) is 2.56. The fraction of sp³-hybridized carbons (Fsp3) is 0.333. The summed E-state index contributed by atoms with van der Waals surface area (Å²) in [4.78, 5) is 25.3. The van der Waals surface area contributed by atoms with Crippen LogP contribution in [0.5, 0.6) is 0 Å². The third-order valence-corrected chi connectivity index (χ3v) is 3.93. The van der Waals surface area contributed by atoms with Crippen LogP contribution in [-0.4, -0.2) is 36.0 Å². The van der Waals surface area contributed by atoms with Crippen LogP contribution in [0.15, 0.2) is 47.4 Å². The first kappa shape index (κ1) is 18.8. The Morgan fingerprint density at radius 1 is 1.16 bits per heavy atom. The minimum Gasteiger partial charge on any atom is -0.354 e. The number of halogens is 2. The Bertz CT molecular complexity index is 770. The molecule has 0 saturated heterocycles. The molecule has 1 heterocycles. The lowest BCUT2D eigenvalue weighted by molar-refractivity contribution is -0.121. The SMILES string of the molecule is CN(C)C(CNC(=O)CCn1ccccc1=O)c1c(F)cccc1F. The molecule has 1 N–H and O–H groups in total. The van der Waals surface area contributed by atoms with E-state index in [1.165, 1.54) is 28.8 Å². The third kappa shape index (κ3) is 4.96. The van der Waals surface area contributed by atoms with Crippen LogP contribution < -0.4 is 10.9 Å². The summed E-state index contributed by atoms with van der Waals surface area (Å²) < 4.78 is 29.4. The number of nitrogens with zero attached hydrogens (tertiary/aromatic N) is 2. The molecular weight excluding hydrogens is 328 g/mol. The van der Waals surface area contributed by atoms with Crippen LogP contribution in [-0.2, 0) is 11.3 Å². The quantitative estimate of drug-likeness (QED) is 0.831. The van der Waals surface area contributed by atoms with E-state index in [-0.39, 0.29) is 36.5 Å². The molecule has 7 heteroatoms. The van der Waals surface area contributed by atoms with Crippen LogP contribution in [0, 0.1) is 11.6 Å². The maximum Gasteiger partial charge on any atom is 0.250 e. The Labute approximate surface area is 144 Å². The van der Waals surface area contributed by atoms with E-state index < -0.39 is 17.7 Å². The van der Waals surface area contributed by atoms with Crippen LogP contribution in [0.1, 0.15) is 18.0 Å². The van der Waals surface area contributed by atoms with Crippen molar-refractivity contribution in [3.05, 3.63) is 70.1 Å². The van der Waals surface area contributed by atoms with Gasteiger partial charge >= 0.3 is 0 Å². The van der Waals surface area contributed by atoms with Gasteiger partial charge in [0.15, 0.2) is 0 Å². The third-order valence-electron chi connectivity index (χ3n) is 3.93. The van der Waals surface area contributed by atoms with Gasteiger partial charge in [-0.2, -0.15) is 0 Å². The molecule has 0 radical (unpaired) electrons. The molecule has 5 nitrogen and oxygen atoms in total. The van der Waals surface area contributed by atoms with Crippen molar-refractivity contribution in [1.82, 2.24) is 14.8 Å². The first-order chi connectivity index (χ1) is 11.9. The Balaban J connectivity index is 1.98. The highest BCUT2D eigenvalue weighted by molar-refractivity contribution is 5.75. The fourth-order valence-corrected chi connectivity index (χ4v) is 2.54. The van der Waals surface area contributed by atoms with Gasteiger partial charge in [-0.25, -0.2) is 8.78 Å². The van der Waals surface area contributed by atoms with Crippen LogP contribution >= 0.6 is 0 Å². The number of rotatable bonds is 7. The van der Waals surface area contributed by atoms with E-state index in [1.807, 2.05) is 0 Å². The predicted octanol–water partition coefficient (Wildman–Crippen LogP) is 1.94. The van der Waals surface area contributed by atoms with Crippen LogP contribution in [0.3, 0.4) is 0 Å². The van der Waals surface area contributed by atoms with Crippen LogP contribution in [0.25, 0.3) is 0 Å². The highest BCUT2D eigenvalue weighted by atomic mass is 19.1. The minimum atomic E-state index is -0.649. The number of aromatic nitrogens is 1. The van der Waals surface area contributed by atoms with Crippen molar-refractivity contribution in [2.75, 3.05) is 20.6 Å². The molecule has 0 saturated carbocycles. The van der Waals surface area contributed by atoms with Gasteiger partial charge in [-0.05, 0) is 32.3 Å². The molecule has 2 aromatic rings. The van der Waals surface area contributed by atoms with Crippen molar-refractivity contribution in [2.45, 2.75) is 19.0 Å². The number of hydrogen-bond acceptors (Lipinski definition) is 3. The molecule has 134 valence electrons. The number of amides is 1. The summed E-state index contributed by atoms with van der Waals surface area (Å²) in [6, 6.07) is 7.81. The number of aryl methyl sites for hydroxylation is 1. The number of carbonyl (C=O) groups is 1. The molecule has 1 amide bonds. The van der Waals surface area contributed by atoms with Crippen molar-refractivity contribution < 1.29 is 13.6 Å². The van der Waals surface area contributed by atoms with E-state index >= 15 is 0 Å². The fourth-order valence-electron chi connectivity index (χ4n) is 2.54. The molecule has 0 aliphatic heterocycles. The lowest BCUT2D eigenvalue weighted by Gasteiger charge is -2.25. The Kier molecular flexibility index (Phi) is 6.41. The van der Waals surface area contributed by atoms with E-state index in [0.717, 1.165) is 0 Å². The first-order valence-corrected chi connectivity index (χ1v) is 7.92. The number of benzene rings is 1. The second kappa shape index (κ2) is 8.53. The zero-order valence-corrected chi connectivity index (χ0v) is 14.2. The van der Waals surface area contributed by atoms with Gasteiger partial charge in [0, 0.05) is 37.3 Å². The molecule has 1 atom stereocenters. The number of hydrogen-bond donors (Lipinski definition) is 1. The van der Waals surface area contributed by atoms with Gasteiger partial charge in [-0.1, -0.05) is 12.1 Å². The highest BCUT2D eigenvalue weighted by Crippen LogP contribution is 2.23. The predicted molar refractivity (Wildman–Crippen MR) is 91.1 cm³/mol. The summed E-state index contributed by atoms with van der Waals surface area (Å²) in [5.74, 6) is -1.59. The van der Waals surface area contributed by atoms with Crippen molar-refractivity contribution in [2.24, 2.45) is 0 Å². The lowest BCUT2D eigenvalue weighted by atomic mass is 10.0. The Hall–Kier alpha value is -2.54. The molecule has 0 aliphatic rings. The van der Waals surface area contributed by atoms with Crippen molar-refractivity contribution in [3.63, 3.8) is 0 Å². The van der Waals surface area contributed by atoms with Gasteiger partial charge in [0.05, 0.1) is 6.04 Å². The van der Waals surface area contributed by atoms with E-state index in [2.05, 4.69) is 5.32 Å². The smallest absolute Gasteiger partial charge is 0.250 e. The van der Waals surface area contributed by atoms with Gasteiger partial charge in [-0.15, -0.1) is 0 Å². The molecule has 1 aromatic heterocycles. The molecule has 0 aliphatic carbocycles. The van der Waals surface area contributed by atoms with E-state index in [0.29, 0.717) is 0 Å². The molecular formula is C18H21F2N3O2. The van der Waals surface area contributed by atoms with Gasteiger partial charge in [-0.3, -0.25) is 9.59 Å². The summed E-state index contributed by atoms with van der Waals surface area (Å²) in [6.07, 6.45) is 1.71. The second-order valence-electron chi connectivity index (χ2n) is 5.90. The maximum absolute atomic E-state index is 14.0. The topological polar surface area (TPSA) is 54.3 Å². The zero-order valence-electron chi connectivity index (χ0n) is 14.2. The molecule has 25 heavy (non-hydrogen) atoms. The number of carbonyl (C=O) groups excluding carboxylic acids is 1. The largest absolute Gasteiger partial charge is 0.354 e. The standard InChI is InChI=1S/C18H21F2N3O2/c1-22(2)15(18-13(19)6-5-7-14(18)20)12-21-16(24)9-11-23-10-4-3-8-17(23)25/h3-8,10,15H,9,11-12H2,1-2H3,(H,21,24). The summed E-state index contributed by atoms with van der Waals surface area (Å²) in [5, 5.41) is 2.68. The Morgan fingerprint density at radius 3 is 2.44 bits per heavy atom. The first-order valence-electron chi connectivity index (χ1n) is 7.92. The summed E-state index contributed by atoms with van der Waals surface area (Å²) in [6.45, 7) is 0.305. The minimum absolute atomic E-state index is 0.0629. The Morgan fingerprint density at radius 2 is 1.84 bits per heavy atom. The van der Waals surface area contributed by atoms with E-state index in [9.17, 15) is 18.4 Å². The van der Waals surface area contributed by atoms with Crippen LogP contribution in [0.4, 0.5) is 8.78 Å². The maximum atomic E-state index is 14.0. The van der Waals surface area contributed by atoms with Gasteiger partial charge in [0.1, 0.15) is 11.6 Å². The molecule has 1 unspecified atom stereocenters. The average molecular weight is 349 g/mol. The zero-order chi connectivity index (χ0) is 18.4. The molecule has 1 aromatic carbocycles. The normalized spacial score (nSPS) is 12.2. The number of likely N-dealkylation sites (N-methyl/N-ethyl adjacent to an activating group) is 1. The van der Waals surface area contributed by atoms with E-state index in [4.69, 9.17) is 0 Å². The van der Waals surface area contributed by atoms with Gasteiger partial charge in [0.25, 0.3) is 5.56 Å². The van der Waals surface area contributed by atoms with E-state index in [1.54, 1.807) is 37.3 Å².